The molecule has 0 aliphatic heterocycles. The number of carbonyl (C=O) groups is 1. The highest BCUT2D eigenvalue weighted by Crippen LogP contribution is 2.29. The van der Waals surface area contributed by atoms with E-state index >= 15 is 0 Å². The first-order chi connectivity index (χ1) is 11.3. The molecule has 4 heteroatoms. The van der Waals surface area contributed by atoms with Gasteiger partial charge < -0.3 is 4.90 Å². The third-order valence-corrected chi connectivity index (χ3v) is 5.72. The maximum atomic E-state index is 12.9. The standard InChI is InChI=1S/C19H24N2OS/c1-2-21(14-15-9-11-20-12-10-15)19(22)18-13-16-7-5-3-4-6-8-17(16)23-18/h9-13H,2-8,14H2,1H3. The summed E-state index contributed by atoms with van der Waals surface area (Å²) in [6.07, 6.45) is 11.0. The summed E-state index contributed by atoms with van der Waals surface area (Å²) in [6, 6.07) is 6.11. The molecule has 0 unspecified atom stereocenters. The van der Waals surface area contributed by atoms with Crippen LogP contribution in [-0.4, -0.2) is 22.3 Å². The Balaban J connectivity index is 1.76. The van der Waals surface area contributed by atoms with Crippen LogP contribution < -0.4 is 0 Å². The van der Waals surface area contributed by atoms with E-state index in [1.165, 1.54) is 36.1 Å². The summed E-state index contributed by atoms with van der Waals surface area (Å²) >= 11 is 1.72. The van der Waals surface area contributed by atoms with Crippen LogP contribution in [0.4, 0.5) is 0 Å². The molecule has 0 fully saturated rings. The molecular formula is C19H24N2OS. The van der Waals surface area contributed by atoms with Crippen LogP contribution in [0.15, 0.2) is 30.6 Å². The number of thiophene rings is 1. The zero-order chi connectivity index (χ0) is 16.1. The van der Waals surface area contributed by atoms with Gasteiger partial charge in [0.05, 0.1) is 4.88 Å². The Kier molecular flexibility index (Phi) is 5.44. The van der Waals surface area contributed by atoms with Crippen molar-refractivity contribution in [3.63, 3.8) is 0 Å². The lowest BCUT2D eigenvalue weighted by Gasteiger charge is -2.20. The van der Waals surface area contributed by atoms with Gasteiger partial charge in [0.25, 0.3) is 5.91 Å². The van der Waals surface area contributed by atoms with Crippen molar-refractivity contribution in [3.8, 4) is 0 Å². The monoisotopic (exact) mass is 328 g/mol. The average Bonchev–Trinajstić information content (AvgIpc) is 2.95. The number of carbonyl (C=O) groups excluding carboxylic acids is 1. The van der Waals surface area contributed by atoms with Crippen LogP contribution in [-0.2, 0) is 19.4 Å². The number of fused-ring (bicyclic) bond motifs is 1. The molecule has 2 heterocycles. The topological polar surface area (TPSA) is 33.2 Å². The molecule has 122 valence electrons. The van der Waals surface area contributed by atoms with Gasteiger partial charge in [0.1, 0.15) is 0 Å². The number of pyridine rings is 1. The van der Waals surface area contributed by atoms with Crippen LogP contribution in [0.25, 0.3) is 0 Å². The van der Waals surface area contributed by atoms with E-state index in [9.17, 15) is 4.79 Å². The van der Waals surface area contributed by atoms with E-state index in [1.54, 1.807) is 23.7 Å². The summed E-state index contributed by atoms with van der Waals surface area (Å²) in [5.74, 6) is 0.168. The van der Waals surface area contributed by atoms with Gasteiger partial charge in [0, 0.05) is 30.4 Å². The van der Waals surface area contributed by atoms with Crippen LogP contribution in [0.1, 0.15) is 58.3 Å². The summed E-state index contributed by atoms with van der Waals surface area (Å²) in [7, 11) is 0. The van der Waals surface area contributed by atoms with Gasteiger partial charge >= 0.3 is 0 Å². The Hall–Kier alpha value is -1.68. The molecule has 1 aliphatic carbocycles. The van der Waals surface area contributed by atoms with Gasteiger partial charge in [-0.2, -0.15) is 0 Å². The highest BCUT2D eigenvalue weighted by Gasteiger charge is 2.20. The third kappa shape index (κ3) is 3.99. The van der Waals surface area contributed by atoms with E-state index in [2.05, 4.69) is 11.1 Å². The first-order valence-electron chi connectivity index (χ1n) is 8.57. The zero-order valence-corrected chi connectivity index (χ0v) is 14.6. The molecule has 0 atom stereocenters. The van der Waals surface area contributed by atoms with E-state index in [1.807, 2.05) is 24.0 Å². The normalized spacial score (nSPS) is 14.7. The predicted octanol–water partition coefficient (Wildman–Crippen LogP) is 4.46. The number of amides is 1. The van der Waals surface area contributed by atoms with E-state index in [4.69, 9.17) is 0 Å². The first-order valence-corrected chi connectivity index (χ1v) is 9.39. The molecule has 0 spiro atoms. The number of aromatic nitrogens is 1. The lowest BCUT2D eigenvalue weighted by Crippen LogP contribution is -2.29. The number of rotatable bonds is 4. The molecular weight excluding hydrogens is 304 g/mol. The summed E-state index contributed by atoms with van der Waals surface area (Å²) in [5.41, 5.74) is 2.54. The van der Waals surface area contributed by atoms with E-state index in [-0.39, 0.29) is 5.91 Å². The molecule has 23 heavy (non-hydrogen) atoms. The summed E-state index contributed by atoms with van der Waals surface area (Å²) < 4.78 is 0. The quantitative estimate of drug-likeness (QED) is 0.830. The number of hydrogen-bond acceptors (Lipinski definition) is 3. The van der Waals surface area contributed by atoms with Crippen LogP contribution in [0.3, 0.4) is 0 Å². The number of nitrogens with zero attached hydrogens (tertiary/aromatic N) is 2. The number of aryl methyl sites for hydroxylation is 2. The molecule has 3 rings (SSSR count). The second-order valence-corrected chi connectivity index (χ2v) is 7.28. The molecule has 0 saturated heterocycles. The summed E-state index contributed by atoms with van der Waals surface area (Å²) in [6.45, 7) is 3.42. The zero-order valence-electron chi connectivity index (χ0n) is 13.8. The Bertz CT molecular complexity index is 625. The second kappa shape index (κ2) is 7.73. The largest absolute Gasteiger partial charge is 0.334 e. The fraction of sp³-hybridized carbons (Fsp3) is 0.474. The van der Waals surface area contributed by atoms with Crippen molar-refractivity contribution in [3.05, 3.63) is 51.5 Å². The van der Waals surface area contributed by atoms with Crippen molar-refractivity contribution >= 4 is 17.2 Å². The maximum absolute atomic E-state index is 12.9. The first kappa shape index (κ1) is 16.2. The lowest BCUT2D eigenvalue weighted by atomic mass is 10.00. The molecule has 0 aromatic carbocycles. The third-order valence-electron chi connectivity index (χ3n) is 4.50. The fourth-order valence-corrected chi connectivity index (χ4v) is 4.36. The molecule has 1 aliphatic rings. The lowest BCUT2D eigenvalue weighted by molar-refractivity contribution is 0.0757. The Morgan fingerprint density at radius 2 is 1.91 bits per heavy atom. The van der Waals surface area contributed by atoms with Crippen LogP contribution in [0, 0.1) is 0 Å². The average molecular weight is 328 g/mol. The van der Waals surface area contributed by atoms with E-state index in [0.717, 1.165) is 29.8 Å². The Labute approximate surface area is 142 Å². The van der Waals surface area contributed by atoms with Gasteiger partial charge in [0.15, 0.2) is 0 Å². The predicted molar refractivity (Wildman–Crippen MR) is 94.8 cm³/mol. The number of hydrogen-bond donors (Lipinski definition) is 0. The molecule has 1 amide bonds. The molecule has 2 aromatic heterocycles. The van der Waals surface area contributed by atoms with E-state index < -0.39 is 0 Å². The highest BCUT2D eigenvalue weighted by atomic mass is 32.1. The minimum absolute atomic E-state index is 0.168. The van der Waals surface area contributed by atoms with Gasteiger partial charge in [-0.25, -0.2) is 0 Å². The smallest absolute Gasteiger partial charge is 0.264 e. The highest BCUT2D eigenvalue weighted by molar-refractivity contribution is 7.14. The molecule has 0 saturated carbocycles. The molecule has 2 aromatic rings. The fourth-order valence-electron chi connectivity index (χ4n) is 3.14. The van der Waals surface area contributed by atoms with Crippen molar-refractivity contribution < 1.29 is 4.79 Å². The minimum Gasteiger partial charge on any atom is -0.334 e. The Morgan fingerprint density at radius 1 is 1.17 bits per heavy atom. The van der Waals surface area contributed by atoms with Gasteiger partial charge in [-0.3, -0.25) is 9.78 Å². The minimum atomic E-state index is 0.168. The van der Waals surface area contributed by atoms with Crippen molar-refractivity contribution in [2.45, 2.75) is 52.0 Å². The van der Waals surface area contributed by atoms with Crippen molar-refractivity contribution in [2.24, 2.45) is 0 Å². The molecule has 0 N–H and O–H groups in total. The van der Waals surface area contributed by atoms with Gasteiger partial charge in [0.2, 0.25) is 0 Å². The molecule has 0 bridgehead atoms. The van der Waals surface area contributed by atoms with Crippen molar-refractivity contribution in [1.82, 2.24) is 9.88 Å². The summed E-state index contributed by atoms with van der Waals surface area (Å²) in [5, 5.41) is 0. The SMILES string of the molecule is CCN(Cc1ccncc1)C(=O)c1cc2c(s1)CCCCCC2. The van der Waals surface area contributed by atoms with Crippen LogP contribution in [0.5, 0.6) is 0 Å². The second-order valence-electron chi connectivity index (χ2n) is 6.15. The molecule has 3 nitrogen and oxygen atoms in total. The van der Waals surface area contributed by atoms with Crippen molar-refractivity contribution in [1.29, 1.82) is 0 Å². The van der Waals surface area contributed by atoms with Gasteiger partial charge in [-0.05, 0) is 61.9 Å². The van der Waals surface area contributed by atoms with Crippen molar-refractivity contribution in [2.75, 3.05) is 6.54 Å². The molecule has 0 radical (unpaired) electrons. The van der Waals surface area contributed by atoms with Gasteiger partial charge in [-0.1, -0.05) is 12.8 Å². The Morgan fingerprint density at radius 3 is 2.65 bits per heavy atom. The van der Waals surface area contributed by atoms with Crippen LogP contribution >= 0.6 is 11.3 Å². The maximum Gasteiger partial charge on any atom is 0.264 e. The van der Waals surface area contributed by atoms with Gasteiger partial charge in [-0.15, -0.1) is 11.3 Å². The summed E-state index contributed by atoms with van der Waals surface area (Å²) in [4.78, 5) is 21.2. The van der Waals surface area contributed by atoms with E-state index in [0.29, 0.717) is 6.54 Å². The van der Waals surface area contributed by atoms with Crippen LogP contribution in [0.2, 0.25) is 0 Å².